The summed E-state index contributed by atoms with van der Waals surface area (Å²) >= 11 is 0. The molecule has 0 saturated heterocycles. The number of aliphatic hydroxyl groups excluding tert-OH is 1. The topological polar surface area (TPSA) is 216 Å². The second-order valence-electron chi connectivity index (χ2n) is 14.6. The fourth-order valence-electron chi connectivity index (χ4n) is 7.95. The maximum absolute atomic E-state index is 14.0. The van der Waals surface area contributed by atoms with Crippen LogP contribution in [0.3, 0.4) is 0 Å². The number of allylic oxidation sites excluding steroid dienone is 1. The first-order valence-electron chi connectivity index (χ1n) is 18.9. The second-order valence-corrected chi connectivity index (χ2v) is 14.6. The van der Waals surface area contributed by atoms with Gasteiger partial charge in [0.1, 0.15) is 63.9 Å². The molecule has 0 spiro atoms. The third-order valence-corrected chi connectivity index (χ3v) is 11.0. The van der Waals surface area contributed by atoms with Gasteiger partial charge in [-0.05, 0) is 73.8 Å². The standard InChI is InChI=1S/C44H45N5O8/c1-4-25(22-47-5-2)43(54)56-34-20-32-40(53)38-33(52)19-30(23-50)55-42(38)39-37(27-14-15-48-36(46)18-27)31(26-8-6-10-29(51)17-26)11-7-9-28(44(34,3)57-41(32)39)16-24-12-13-35(45)49-21-24/h4,6,8,10,12-15,17-19,21,28,31,34,37,47,50-51,53H,5,9,16,20,22-23H2,1-3H3,(H2,45,49)(H2,46,48). The number of phenolic OH excluding ortho intramolecular Hbond substituents is 2. The van der Waals surface area contributed by atoms with Gasteiger partial charge in [0.2, 0.25) is 0 Å². The number of carbonyl (C=O) groups excluding carboxylic acids is 1. The van der Waals surface area contributed by atoms with Crippen molar-refractivity contribution in [2.24, 2.45) is 5.92 Å². The summed E-state index contributed by atoms with van der Waals surface area (Å²) in [6.07, 6.45) is 4.56. The first-order chi connectivity index (χ1) is 27.4. The van der Waals surface area contributed by atoms with E-state index in [1.807, 2.05) is 26.0 Å². The van der Waals surface area contributed by atoms with Crippen molar-refractivity contribution >= 4 is 28.6 Å². The minimum absolute atomic E-state index is 0.0166. The molecule has 0 amide bonds. The lowest BCUT2D eigenvalue weighted by Gasteiger charge is -2.47. The van der Waals surface area contributed by atoms with Crippen molar-refractivity contribution < 1.29 is 34.0 Å². The van der Waals surface area contributed by atoms with E-state index in [2.05, 4.69) is 27.1 Å². The monoisotopic (exact) mass is 771 g/mol. The summed E-state index contributed by atoms with van der Waals surface area (Å²) in [5.41, 5.74) is 13.4. The summed E-state index contributed by atoms with van der Waals surface area (Å²) in [5.74, 6) is 4.78. The molecule has 5 aromatic rings. The van der Waals surface area contributed by atoms with E-state index in [4.69, 9.17) is 25.4 Å². The maximum atomic E-state index is 14.0. The molecular weight excluding hydrogens is 727 g/mol. The molecule has 8 N–H and O–H groups in total. The third kappa shape index (κ3) is 7.49. The average Bonchev–Trinajstić information content (AvgIpc) is 3.19. The molecule has 2 aliphatic heterocycles. The minimum atomic E-state index is -1.31. The summed E-state index contributed by atoms with van der Waals surface area (Å²) < 4.78 is 20.0. The molecule has 7 rings (SSSR count). The summed E-state index contributed by atoms with van der Waals surface area (Å²) in [5, 5.41) is 36.2. The minimum Gasteiger partial charge on any atom is -0.508 e. The van der Waals surface area contributed by atoms with E-state index in [1.165, 1.54) is 0 Å². The van der Waals surface area contributed by atoms with Gasteiger partial charge in [0.05, 0.1) is 5.92 Å². The van der Waals surface area contributed by atoms with E-state index in [9.17, 15) is 24.9 Å². The van der Waals surface area contributed by atoms with Crippen LogP contribution in [0.2, 0.25) is 0 Å². The van der Waals surface area contributed by atoms with Crippen LogP contribution in [0.1, 0.15) is 72.6 Å². The molecule has 5 atom stereocenters. The quantitative estimate of drug-likeness (QED) is 0.0628. The van der Waals surface area contributed by atoms with Gasteiger partial charge < -0.3 is 46.0 Å². The number of hydrogen-bond acceptors (Lipinski definition) is 13. The molecule has 13 heteroatoms. The number of nitrogens with two attached hydrogens (primary N) is 2. The van der Waals surface area contributed by atoms with E-state index >= 15 is 0 Å². The second kappa shape index (κ2) is 16.0. The Morgan fingerprint density at radius 3 is 2.63 bits per heavy atom. The van der Waals surface area contributed by atoms with Crippen molar-refractivity contribution in [1.82, 2.24) is 15.3 Å². The molecule has 0 fully saturated rings. The number of esters is 1. The number of likely N-dealkylation sites (N-methyl/N-ethyl adjacent to an activating group) is 1. The lowest BCUT2D eigenvalue weighted by Crippen LogP contribution is -2.57. The van der Waals surface area contributed by atoms with Crippen LogP contribution in [0.4, 0.5) is 11.6 Å². The molecule has 0 saturated carbocycles. The zero-order valence-corrected chi connectivity index (χ0v) is 31.9. The molecule has 0 radical (unpaired) electrons. The van der Waals surface area contributed by atoms with Crippen LogP contribution in [-0.4, -0.2) is 56.1 Å². The van der Waals surface area contributed by atoms with Gasteiger partial charge in [-0.15, -0.1) is 5.92 Å². The predicted molar refractivity (Wildman–Crippen MR) is 215 cm³/mol. The number of aromatic hydroxyl groups is 2. The number of fused-ring (bicyclic) bond motifs is 3. The molecule has 57 heavy (non-hydrogen) atoms. The number of nitrogen functional groups attached to an aromatic ring is 2. The number of aromatic nitrogens is 2. The molecule has 13 nitrogen and oxygen atoms in total. The Balaban J connectivity index is 1.57. The van der Waals surface area contributed by atoms with Crippen LogP contribution >= 0.6 is 0 Å². The van der Waals surface area contributed by atoms with Crippen molar-refractivity contribution in [2.75, 3.05) is 24.6 Å². The molecule has 3 aromatic heterocycles. The highest BCUT2D eigenvalue weighted by Crippen LogP contribution is 2.55. The molecule has 2 aliphatic rings. The lowest BCUT2D eigenvalue weighted by atomic mass is 9.71. The zero-order chi connectivity index (χ0) is 40.4. The molecule has 2 bridgehead atoms. The van der Waals surface area contributed by atoms with Crippen molar-refractivity contribution in [1.29, 1.82) is 0 Å². The number of rotatable bonds is 10. The highest BCUT2D eigenvalue weighted by Gasteiger charge is 2.52. The van der Waals surface area contributed by atoms with Crippen molar-refractivity contribution in [3.8, 4) is 29.1 Å². The van der Waals surface area contributed by atoms with Gasteiger partial charge in [-0.2, -0.15) is 0 Å². The SMILES string of the molecule is CC=C(CNCC)C(=O)OC1Cc2c3c(c4oc(CO)cc(=O)c4c2O)C(c2ccnc(N)c2)C(c2cccc(O)c2)C#CCC(Cc2ccc(N)nc2)C1(C)O3. The number of ether oxygens (including phenoxy) is 2. The normalized spacial score (nSPS) is 21.6. The number of pyridine rings is 2. The maximum Gasteiger partial charge on any atom is 0.335 e. The number of phenols is 2. The van der Waals surface area contributed by atoms with Crippen molar-refractivity contribution in [3.05, 3.63) is 122 Å². The van der Waals surface area contributed by atoms with Crippen LogP contribution in [-0.2, 0) is 29.0 Å². The molecule has 2 aromatic carbocycles. The van der Waals surface area contributed by atoms with Gasteiger partial charge >= 0.3 is 5.97 Å². The van der Waals surface area contributed by atoms with Gasteiger partial charge in [0.15, 0.2) is 5.43 Å². The number of nitrogens with one attached hydrogen (secondary N) is 1. The van der Waals surface area contributed by atoms with Gasteiger partial charge in [-0.1, -0.05) is 37.1 Å². The van der Waals surface area contributed by atoms with Crippen molar-refractivity contribution in [3.63, 3.8) is 0 Å². The molecule has 0 aliphatic carbocycles. The Hall–Kier alpha value is -6.36. The highest BCUT2D eigenvalue weighted by atomic mass is 16.6. The van der Waals surface area contributed by atoms with Crippen LogP contribution in [0.15, 0.2) is 87.9 Å². The fraction of sp³-hybridized carbons (Fsp3) is 0.318. The molecule has 294 valence electrons. The number of hydrogen-bond donors (Lipinski definition) is 6. The number of anilines is 2. The highest BCUT2D eigenvalue weighted by molar-refractivity contribution is 5.92. The van der Waals surface area contributed by atoms with Crippen LogP contribution in [0, 0.1) is 17.8 Å². The Labute approximate surface area is 329 Å². The number of benzene rings is 2. The summed E-state index contributed by atoms with van der Waals surface area (Å²) in [7, 11) is 0. The van der Waals surface area contributed by atoms with Gasteiger partial charge in [-0.25, -0.2) is 14.8 Å². The van der Waals surface area contributed by atoms with Crippen LogP contribution in [0.25, 0.3) is 11.0 Å². The van der Waals surface area contributed by atoms with E-state index in [0.29, 0.717) is 41.0 Å². The number of aliphatic hydroxyl groups is 1. The van der Waals surface area contributed by atoms with Crippen LogP contribution in [0.5, 0.6) is 17.2 Å². The molecule has 5 heterocycles. The predicted octanol–water partition coefficient (Wildman–Crippen LogP) is 4.99. The Morgan fingerprint density at radius 1 is 1.11 bits per heavy atom. The van der Waals surface area contributed by atoms with Crippen molar-refractivity contribution in [2.45, 2.75) is 70.2 Å². The molecule has 5 unspecified atom stereocenters. The third-order valence-electron chi connectivity index (χ3n) is 11.0. The Kier molecular flexibility index (Phi) is 10.9. The number of nitrogens with zero attached hydrogens (tertiary/aromatic N) is 2. The van der Waals surface area contributed by atoms with Gasteiger partial charge in [-0.3, -0.25) is 4.79 Å². The fourth-order valence-corrected chi connectivity index (χ4v) is 7.95. The summed E-state index contributed by atoms with van der Waals surface area (Å²) in [6.45, 7) is 5.88. The van der Waals surface area contributed by atoms with E-state index < -0.39 is 53.2 Å². The molecular formula is C44H45N5O8. The first-order valence-corrected chi connectivity index (χ1v) is 18.9. The van der Waals surface area contributed by atoms with E-state index in [1.54, 1.807) is 61.8 Å². The summed E-state index contributed by atoms with van der Waals surface area (Å²) in [4.78, 5) is 36.5. The van der Waals surface area contributed by atoms with Gasteiger partial charge in [0.25, 0.3) is 0 Å². The zero-order valence-electron chi connectivity index (χ0n) is 31.9. The first kappa shape index (κ1) is 38.9. The smallest absolute Gasteiger partial charge is 0.335 e. The largest absolute Gasteiger partial charge is 0.508 e. The Bertz CT molecular complexity index is 2490. The number of carbonyl (C=O) groups is 1. The summed E-state index contributed by atoms with van der Waals surface area (Å²) in [6, 6.07) is 14.9. The van der Waals surface area contributed by atoms with E-state index in [-0.39, 0.29) is 59.0 Å². The Morgan fingerprint density at radius 2 is 1.93 bits per heavy atom. The van der Waals surface area contributed by atoms with E-state index in [0.717, 1.165) is 11.6 Å². The van der Waals surface area contributed by atoms with Crippen LogP contribution < -0.4 is 26.9 Å². The lowest BCUT2D eigenvalue weighted by molar-refractivity contribution is -0.164. The average molecular weight is 772 g/mol. The van der Waals surface area contributed by atoms with Gasteiger partial charge in [0, 0.05) is 66.4 Å².